The van der Waals surface area contributed by atoms with E-state index in [9.17, 15) is 4.79 Å². The number of hydrogen-bond acceptors (Lipinski definition) is 6. The van der Waals surface area contributed by atoms with E-state index in [2.05, 4.69) is 15.5 Å². The number of fused-ring (bicyclic) bond motifs is 1. The molecule has 1 aliphatic rings. The third kappa shape index (κ3) is 2.93. The normalized spacial score (nSPS) is 12.4. The largest absolute Gasteiger partial charge is 0.454 e. The van der Waals surface area contributed by atoms with Crippen molar-refractivity contribution < 1.29 is 18.8 Å². The fraction of sp³-hybridized carbons (Fsp3) is 0.235. The van der Waals surface area contributed by atoms with Crippen molar-refractivity contribution in [1.82, 2.24) is 20.0 Å². The van der Waals surface area contributed by atoms with E-state index in [0.29, 0.717) is 35.5 Å². The first-order valence-corrected chi connectivity index (χ1v) is 7.90. The molecule has 1 amide bonds. The Morgan fingerprint density at radius 3 is 3.04 bits per heavy atom. The summed E-state index contributed by atoms with van der Waals surface area (Å²) in [4.78, 5) is 16.2. The molecule has 0 aliphatic carbocycles. The lowest BCUT2D eigenvalue weighted by Gasteiger charge is -2.06. The Labute approximate surface area is 143 Å². The van der Waals surface area contributed by atoms with E-state index in [-0.39, 0.29) is 19.2 Å². The molecule has 0 fully saturated rings. The SMILES string of the molecule is CCNC(=O)Cn1cccc1-c1nc(-c2ccc3c(c2)OCO3)no1. The van der Waals surface area contributed by atoms with Crippen LogP contribution < -0.4 is 14.8 Å². The van der Waals surface area contributed by atoms with Crippen molar-refractivity contribution in [2.75, 3.05) is 13.3 Å². The molecule has 3 heterocycles. The van der Waals surface area contributed by atoms with Gasteiger partial charge in [-0.1, -0.05) is 5.16 Å². The van der Waals surface area contributed by atoms with Gasteiger partial charge >= 0.3 is 0 Å². The number of nitrogens with one attached hydrogen (secondary N) is 1. The molecular formula is C17H16N4O4. The summed E-state index contributed by atoms with van der Waals surface area (Å²) in [6.45, 7) is 2.87. The first-order chi connectivity index (χ1) is 12.2. The van der Waals surface area contributed by atoms with Gasteiger partial charge in [0.25, 0.3) is 5.89 Å². The molecule has 2 aromatic heterocycles. The fourth-order valence-corrected chi connectivity index (χ4v) is 2.63. The lowest BCUT2D eigenvalue weighted by atomic mass is 10.2. The number of nitrogens with zero attached hydrogens (tertiary/aromatic N) is 3. The van der Waals surface area contributed by atoms with Crippen molar-refractivity contribution in [1.29, 1.82) is 0 Å². The first kappa shape index (κ1) is 15.3. The molecule has 1 aliphatic heterocycles. The molecule has 25 heavy (non-hydrogen) atoms. The fourth-order valence-electron chi connectivity index (χ4n) is 2.63. The van der Waals surface area contributed by atoms with Crippen LogP contribution in [0.3, 0.4) is 0 Å². The van der Waals surface area contributed by atoms with Gasteiger partial charge in [0, 0.05) is 18.3 Å². The van der Waals surface area contributed by atoms with Gasteiger partial charge in [0.15, 0.2) is 11.5 Å². The van der Waals surface area contributed by atoms with E-state index < -0.39 is 0 Å². The maximum atomic E-state index is 11.8. The van der Waals surface area contributed by atoms with Gasteiger partial charge in [-0.25, -0.2) is 0 Å². The van der Waals surface area contributed by atoms with Gasteiger partial charge < -0.3 is 23.9 Å². The van der Waals surface area contributed by atoms with E-state index >= 15 is 0 Å². The van der Waals surface area contributed by atoms with Crippen LogP contribution in [0.5, 0.6) is 11.5 Å². The second-order valence-corrected chi connectivity index (χ2v) is 5.47. The molecule has 3 aromatic rings. The third-order valence-corrected chi connectivity index (χ3v) is 3.79. The Morgan fingerprint density at radius 2 is 2.16 bits per heavy atom. The van der Waals surface area contributed by atoms with Crippen LogP contribution in [-0.2, 0) is 11.3 Å². The number of hydrogen-bond donors (Lipinski definition) is 1. The highest BCUT2D eigenvalue weighted by Gasteiger charge is 2.18. The molecule has 0 saturated carbocycles. The molecule has 0 unspecified atom stereocenters. The van der Waals surface area contributed by atoms with Crippen molar-refractivity contribution in [2.45, 2.75) is 13.5 Å². The number of amides is 1. The second kappa shape index (κ2) is 6.31. The molecule has 128 valence electrons. The number of carbonyl (C=O) groups excluding carboxylic acids is 1. The highest BCUT2D eigenvalue weighted by atomic mass is 16.7. The molecule has 1 N–H and O–H groups in total. The van der Waals surface area contributed by atoms with E-state index in [4.69, 9.17) is 14.0 Å². The zero-order chi connectivity index (χ0) is 17.2. The van der Waals surface area contributed by atoms with Crippen LogP contribution in [0.4, 0.5) is 0 Å². The first-order valence-electron chi connectivity index (χ1n) is 7.90. The zero-order valence-electron chi connectivity index (χ0n) is 13.6. The van der Waals surface area contributed by atoms with Gasteiger partial charge in [0.1, 0.15) is 12.2 Å². The number of rotatable bonds is 5. The zero-order valence-corrected chi connectivity index (χ0v) is 13.6. The molecule has 0 saturated heterocycles. The van der Waals surface area contributed by atoms with Crippen LogP contribution in [0.15, 0.2) is 41.1 Å². The van der Waals surface area contributed by atoms with Gasteiger partial charge in [-0.2, -0.15) is 4.98 Å². The molecule has 8 nitrogen and oxygen atoms in total. The number of carbonyl (C=O) groups is 1. The van der Waals surface area contributed by atoms with Crippen LogP contribution >= 0.6 is 0 Å². The number of benzene rings is 1. The maximum absolute atomic E-state index is 11.8. The van der Waals surface area contributed by atoms with E-state index in [1.54, 1.807) is 10.8 Å². The molecule has 8 heteroatoms. The van der Waals surface area contributed by atoms with Gasteiger partial charge in [0.05, 0.1) is 0 Å². The molecule has 1 aromatic carbocycles. The van der Waals surface area contributed by atoms with Gasteiger partial charge in [-0.15, -0.1) is 0 Å². The molecule has 0 atom stereocenters. The van der Waals surface area contributed by atoms with Gasteiger partial charge in [-0.3, -0.25) is 4.79 Å². The minimum absolute atomic E-state index is 0.0736. The molecule has 0 spiro atoms. The van der Waals surface area contributed by atoms with Crippen LogP contribution in [0.25, 0.3) is 23.0 Å². The van der Waals surface area contributed by atoms with Crippen LogP contribution in [0.2, 0.25) is 0 Å². The van der Waals surface area contributed by atoms with Crippen molar-refractivity contribution in [3.05, 3.63) is 36.5 Å². The summed E-state index contributed by atoms with van der Waals surface area (Å²) >= 11 is 0. The van der Waals surface area contributed by atoms with E-state index in [1.807, 2.05) is 37.3 Å². The number of aromatic nitrogens is 3. The average molecular weight is 340 g/mol. The second-order valence-electron chi connectivity index (χ2n) is 5.47. The summed E-state index contributed by atoms with van der Waals surface area (Å²) in [5.74, 6) is 2.07. The summed E-state index contributed by atoms with van der Waals surface area (Å²) in [6.07, 6.45) is 1.80. The Bertz CT molecular complexity index is 915. The summed E-state index contributed by atoms with van der Waals surface area (Å²) in [5, 5.41) is 6.79. The highest BCUT2D eigenvalue weighted by Crippen LogP contribution is 2.35. The Morgan fingerprint density at radius 1 is 1.28 bits per heavy atom. The summed E-state index contributed by atoms with van der Waals surface area (Å²) in [6, 6.07) is 9.13. The maximum Gasteiger partial charge on any atom is 0.274 e. The molecule has 0 radical (unpaired) electrons. The summed E-state index contributed by atoms with van der Waals surface area (Å²) in [7, 11) is 0. The van der Waals surface area contributed by atoms with E-state index in [1.165, 1.54) is 0 Å². The molecular weight excluding hydrogens is 324 g/mol. The van der Waals surface area contributed by atoms with Crippen LogP contribution in [0.1, 0.15) is 6.92 Å². The minimum atomic E-state index is -0.0736. The summed E-state index contributed by atoms with van der Waals surface area (Å²) < 4.78 is 17.8. The Hall–Kier alpha value is -3.29. The topological polar surface area (TPSA) is 91.4 Å². The lowest BCUT2D eigenvalue weighted by molar-refractivity contribution is -0.121. The Balaban J connectivity index is 1.60. The van der Waals surface area contributed by atoms with Crippen LogP contribution in [0, 0.1) is 0 Å². The average Bonchev–Trinajstić information content (AvgIpc) is 3.34. The highest BCUT2D eigenvalue weighted by molar-refractivity contribution is 5.76. The van der Waals surface area contributed by atoms with Gasteiger partial charge in [0.2, 0.25) is 18.5 Å². The van der Waals surface area contributed by atoms with Crippen molar-refractivity contribution in [3.8, 4) is 34.5 Å². The predicted molar refractivity (Wildman–Crippen MR) is 88.0 cm³/mol. The Kier molecular flexibility index (Phi) is 3.85. The van der Waals surface area contributed by atoms with Crippen molar-refractivity contribution in [3.63, 3.8) is 0 Å². The van der Waals surface area contributed by atoms with Crippen molar-refractivity contribution in [2.24, 2.45) is 0 Å². The standard InChI is InChI=1S/C17H16N4O4/c1-2-18-15(22)9-21-7-3-4-12(21)17-19-16(20-25-17)11-5-6-13-14(8-11)24-10-23-13/h3-8H,2,9-10H2,1H3,(H,18,22). The van der Waals surface area contributed by atoms with Crippen molar-refractivity contribution >= 4 is 5.91 Å². The van der Waals surface area contributed by atoms with Gasteiger partial charge in [-0.05, 0) is 37.3 Å². The number of ether oxygens (including phenoxy) is 2. The molecule has 4 rings (SSSR count). The monoisotopic (exact) mass is 340 g/mol. The number of likely N-dealkylation sites (N-methyl/N-ethyl adjacent to an activating group) is 1. The predicted octanol–water partition coefficient (Wildman–Crippen LogP) is 2.07. The molecule has 0 bridgehead atoms. The minimum Gasteiger partial charge on any atom is -0.454 e. The van der Waals surface area contributed by atoms with Crippen LogP contribution in [-0.4, -0.2) is 34.0 Å². The third-order valence-electron chi connectivity index (χ3n) is 3.79. The summed E-state index contributed by atoms with van der Waals surface area (Å²) in [5.41, 5.74) is 1.45. The lowest BCUT2D eigenvalue weighted by Crippen LogP contribution is -2.27. The quantitative estimate of drug-likeness (QED) is 0.764. The van der Waals surface area contributed by atoms with E-state index in [0.717, 1.165) is 5.56 Å². The smallest absolute Gasteiger partial charge is 0.274 e.